The molecule has 0 aliphatic carbocycles. The number of thiocarbonyl (C=S) groups is 1. The van der Waals surface area contributed by atoms with E-state index in [0.29, 0.717) is 5.75 Å². The van der Waals surface area contributed by atoms with Gasteiger partial charge < -0.3 is 20.1 Å². The van der Waals surface area contributed by atoms with Crippen molar-refractivity contribution in [2.75, 3.05) is 25.6 Å². The molecule has 31 heavy (non-hydrogen) atoms. The van der Waals surface area contributed by atoms with E-state index in [1.165, 1.54) is 0 Å². The van der Waals surface area contributed by atoms with Gasteiger partial charge in [-0.05, 0) is 59.4 Å². The van der Waals surface area contributed by atoms with Crippen molar-refractivity contribution in [2.45, 2.75) is 0 Å². The first kappa shape index (κ1) is 21.8. The lowest BCUT2D eigenvalue weighted by atomic mass is 10.1. The molecule has 0 aliphatic heterocycles. The van der Waals surface area contributed by atoms with Crippen molar-refractivity contribution in [1.82, 2.24) is 16.2 Å². The summed E-state index contributed by atoms with van der Waals surface area (Å²) in [5, 5.41) is 7.69. The number of nitrogens with one attached hydrogen (secondary N) is 4. The Morgan fingerprint density at radius 3 is 2.32 bits per heavy atom. The van der Waals surface area contributed by atoms with Gasteiger partial charge in [-0.15, -0.1) is 0 Å². The molecule has 0 saturated carbocycles. The molecule has 4 N–H and O–H groups in total. The molecule has 3 aromatic carbocycles. The Bertz CT molecular complexity index is 1070. The van der Waals surface area contributed by atoms with Gasteiger partial charge in [0.15, 0.2) is 11.7 Å². The third-order valence-corrected chi connectivity index (χ3v) is 4.40. The van der Waals surface area contributed by atoms with Gasteiger partial charge in [-0.1, -0.05) is 30.3 Å². The molecule has 0 fully saturated rings. The molecule has 0 bridgehead atoms. The summed E-state index contributed by atoms with van der Waals surface area (Å²) < 4.78 is 10.6. The number of carbonyl (C=O) groups excluding carboxylic acids is 2. The number of fused-ring (bicyclic) bond motifs is 1. The zero-order chi connectivity index (χ0) is 22.1. The maximum Gasteiger partial charge on any atom is 0.258 e. The molecule has 3 rings (SSSR count). The first-order valence-corrected chi connectivity index (χ1v) is 9.82. The van der Waals surface area contributed by atoms with E-state index in [1.54, 1.807) is 37.4 Å². The van der Waals surface area contributed by atoms with Crippen molar-refractivity contribution >= 4 is 45.6 Å². The third-order valence-electron chi connectivity index (χ3n) is 4.20. The topological polar surface area (TPSA) is 101 Å². The van der Waals surface area contributed by atoms with Crippen LogP contribution in [0.15, 0.2) is 66.7 Å². The second kappa shape index (κ2) is 10.8. The minimum atomic E-state index is -0.460. The summed E-state index contributed by atoms with van der Waals surface area (Å²) in [5.74, 6) is 0.424. The number of methoxy groups -OCH3 is 1. The summed E-state index contributed by atoms with van der Waals surface area (Å²) in [6.45, 7) is -0.422. The fraction of sp³-hybridized carbons (Fsp3) is 0.136. The summed E-state index contributed by atoms with van der Waals surface area (Å²) in [6, 6.07) is 20.5. The Morgan fingerprint density at radius 1 is 0.871 bits per heavy atom. The van der Waals surface area contributed by atoms with Gasteiger partial charge in [0.1, 0.15) is 11.5 Å². The highest BCUT2D eigenvalue weighted by molar-refractivity contribution is 7.80. The second-order valence-corrected chi connectivity index (χ2v) is 6.84. The van der Waals surface area contributed by atoms with Gasteiger partial charge in [0, 0.05) is 5.69 Å². The summed E-state index contributed by atoms with van der Waals surface area (Å²) in [4.78, 5) is 23.8. The molecule has 0 saturated heterocycles. The van der Waals surface area contributed by atoms with Crippen LogP contribution in [-0.4, -0.2) is 37.2 Å². The third kappa shape index (κ3) is 6.86. The minimum absolute atomic E-state index is 0.198. The zero-order valence-corrected chi connectivity index (χ0v) is 17.6. The summed E-state index contributed by atoms with van der Waals surface area (Å²) >= 11 is 5.11. The van der Waals surface area contributed by atoms with Gasteiger partial charge in [-0.2, -0.15) is 0 Å². The Balaban J connectivity index is 1.34. The number of hydrogen-bond donors (Lipinski definition) is 4. The number of amides is 2. The zero-order valence-electron chi connectivity index (χ0n) is 16.8. The highest BCUT2D eigenvalue weighted by Crippen LogP contribution is 2.20. The molecule has 8 nitrogen and oxygen atoms in total. The van der Waals surface area contributed by atoms with Crippen LogP contribution in [0.25, 0.3) is 10.8 Å². The lowest BCUT2D eigenvalue weighted by Crippen LogP contribution is -2.48. The average molecular weight is 439 g/mol. The first-order chi connectivity index (χ1) is 15.0. The predicted molar refractivity (Wildman–Crippen MR) is 123 cm³/mol. The van der Waals surface area contributed by atoms with Gasteiger partial charge in [-0.25, -0.2) is 0 Å². The molecule has 0 aliphatic rings. The minimum Gasteiger partial charge on any atom is -0.497 e. The Kier molecular flexibility index (Phi) is 7.61. The smallest absolute Gasteiger partial charge is 0.258 e. The van der Waals surface area contributed by atoms with Crippen molar-refractivity contribution in [1.29, 1.82) is 0 Å². The standard InChI is InChI=1S/C22H22N4O4S/c1-29-18-10-7-17(8-11-18)24-22(31)26-25-20(27)13-23-21(28)14-30-19-9-6-15-4-2-3-5-16(15)12-19/h2-12H,13-14H2,1H3,(H,23,28)(H,25,27)(H2,24,26,31). The average Bonchev–Trinajstić information content (AvgIpc) is 2.80. The summed E-state index contributed by atoms with van der Waals surface area (Å²) in [7, 11) is 1.58. The molecule has 160 valence electrons. The van der Waals surface area contributed by atoms with Crippen molar-refractivity contribution < 1.29 is 19.1 Å². The summed E-state index contributed by atoms with van der Waals surface area (Å²) in [6.07, 6.45) is 0. The maximum atomic E-state index is 11.9. The molecule has 3 aromatic rings. The van der Waals surface area contributed by atoms with Crippen LogP contribution in [0, 0.1) is 0 Å². The SMILES string of the molecule is COc1ccc(NC(=S)NNC(=O)CNC(=O)COc2ccc3ccccc3c2)cc1. The van der Waals surface area contributed by atoms with E-state index >= 15 is 0 Å². The fourth-order valence-corrected chi connectivity index (χ4v) is 2.81. The molecule has 0 spiro atoms. The van der Waals surface area contributed by atoms with Crippen molar-refractivity contribution in [3.8, 4) is 11.5 Å². The monoisotopic (exact) mass is 438 g/mol. The molecule has 0 aromatic heterocycles. The highest BCUT2D eigenvalue weighted by atomic mass is 32.1. The number of hydrogen-bond acceptors (Lipinski definition) is 5. The molecule has 0 atom stereocenters. The number of hydrazine groups is 1. The van der Waals surface area contributed by atoms with Crippen LogP contribution in [0.2, 0.25) is 0 Å². The van der Waals surface area contributed by atoms with Crippen LogP contribution >= 0.6 is 12.2 Å². The van der Waals surface area contributed by atoms with Crippen LogP contribution < -0.4 is 31.0 Å². The maximum absolute atomic E-state index is 11.9. The van der Waals surface area contributed by atoms with Gasteiger partial charge in [0.2, 0.25) is 0 Å². The number of carbonyl (C=O) groups is 2. The second-order valence-electron chi connectivity index (χ2n) is 6.43. The molecule has 9 heteroatoms. The van der Waals surface area contributed by atoms with Crippen molar-refractivity contribution in [3.05, 3.63) is 66.7 Å². The predicted octanol–water partition coefficient (Wildman–Crippen LogP) is 2.36. The number of rotatable bonds is 7. The lowest BCUT2D eigenvalue weighted by molar-refractivity contribution is -0.127. The molecule has 0 unspecified atom stereocenters. The van der Waals surface area contributed by atoms with E-state index in [0.717, 1.165) is 22.2 Å². The van der Waals surface area contributed by atoms with E-state index in [9.17, 15) is 9.59 Å². The number of ether oxygens (including phenoxy) is 2. The van der Waals surface area contributed by atoms with E-state index in [1.807, 2.05) is 36.4 Å². The quantitative estimate of drug-likeness (QED) is 0.332. The normalized spacial score (nSPS) is 10.1. The van der Waals surface area contributed by atoms with Gasteiger partial charge >= 0.3 is 0 Å². The van der Waals surface area contributed by atoms with Crippen molar-refractivity contribution in [2.24, 2.45) is 0 Å². The Labute approximate surface area is 184 Å². The van der Waals surface area contributed by atoms with Gasteiger partial charge in [0.05, 0.1) is 13.7 Å². The van der Waals surface area contributed by atoms with Crippen LogP contribution in [0.3, 0.4) is 0 Å². The number of anilines is 1. The van der Waals surface area contributed by atoms with Gasteiger partial charge in [-0.3, -0.25) is 20.4 Å². The first-order valence-electron chi connectivity index (χ1n) is 9.41. The van der Waals surface area contributed by atoms with E-state index < -0.39 is 11.8 Å². The van der Waals surface area contributed by atoms with E-state index in [4.69, 9.17) is 21.7 Å². The molecular weight excluding hydrogens is 416 g/mol. The largest absolute Gasteiger partial charge is 0.497 e. The molecular formula is C22H22N4O4S. The Morgan fingerprint density at radius 2 is 1.58 bits per heavy atom. The van der Waals surface area contributed by atoms with E-state index in [-0.39, 0.29) is 18.3 Å². The fourth-order valence-electron chi connectivity index (χ4n) is 2.64. The lowest BCUT2D eigenvalue weighted by Gasteiger charge is -2.12. The van der Waals surface area contributed by atoms with Crippen LogP contribution in [0.1, 0.15) is 0 Å². The summed E-state index contributed by atoms with van der Waals surface area (Å²) in [5.41, 5.74) is 5.70. The molecule has 0 heterocycles. The number of benzene rings is 3. The van der Waals surface area contributed by atoms with Crippen LogP contribution in [0.4, 0.5) is 5.69 Å². The van der Waals surface area contributed by atoms with Gasteiger partial charge in [0.25, 0.3) is 11.8 Å². The highest BCUT2D eigenvalue weighted by Gasteiger charge is 2.07. The Hall–Kier alpha value is -3.85. The molecule has 0 radical (unpaired) electrons. The van der Waals surface area contributed by atoms with Crippen LogP contribution in [0.5, 0.6) is 11.5 Å². The van der Waals surface area contributed by atoms with Crippen molar-refractivity contribution in [3.63, 3.8) is 0 Å². The van der Waals surface area contributed by atoms with Crippen LogP contribution in [-0.2, 0) is 9.59 Å². The van der Waals surface area contributed by atoms with E-state index in [2.05, 4.69) is 21.5 Å². The molecule has 2 amide bonds.